The van der Waals surface area contributed by atoms with Crippen LogP contribution in [0.2, 0.25) is 0 Å². The summed E-state index contributed by atoms with van der Waals surface area (Å²) in [5.41, 5.74) is 0.839. The highest BCUT2D eigenvalue weighted by molar-refractivity contribution is 7.99. The summed E-state index contributed by atoms with van der Waals surface area (Å²) in [6.07, 6.45) is 0.523. The lowest BCUT2D eigenvalue weighted by Crippen LogP contribution is -2.38. The molecule has 11 heteroatoms. The van der Waals surface area contributed by atoms with E-state index in [4.69, 9.17) is 5.10 Å². The molecule has 0 saturated heterocycles. The molecule has 38 heavy (non-hydrogen) atoms. The number of rotatable bonds is 11. The molecule has 1 N–H and O–H groups in total. The number of aliphatic hydroxyl groups excluding tert-OH is 1. The second kappa shape index (κ2) is 11.7. The number of thioether (sulfide) groups is 1. The van der Waals surface area contributed by atoms with Crippen LogP contribution in [-0.4, -0.2) is 44.8 Å². The highest BCUT2D eigenvalue weighted by Gasteiger charge is 2.23. The summed E-state index contributed by atoms with van der Waals surface area (Å²) in [5, 5.41) is 15.0. The Balaban J connectivity index is 1.84. The molecule has 0 radical (unpaired) electrons. The van der Waals surface area contributed by atoms with E-state index >= 15 is 0 Å². The number of nitrogens with zero attached hydrogens (tertiary/aromatic N) is 4. The molecule has 202 valence electrons. The molecule has 0 aliphatic rings. The number of sulfone groups is 1. The van der Waals surface area contributed by atoms with E-state index in [-0.39, 0.29) is 29.7 Å². The maximum absolute atomic E-state index is 13.3. The Bertz CT molecular complexity index is 1650. The van der Waals surface area contributed by atoms with Crippen molar-refractivity contribution in [1.29, 1.82) is 0 Å². The van der Waals surface area contributed by atoms with Crippen LogP contribution >= 0.6 is 11.8 Å². The summed E-state index contributed by atoms with van der Waals surface area (Å²) in [6, 6.07) is 15.6. The number of benzene rings is 2. The monoisotopic (exact) mass is 556 g/mol. The Labute approximate surface area is 225 Å². The van der Waals surface area contributed by atoms with Crippen LogP contribution in [0.5, 0.6) is 0 Å². The predicted molar refractivity (Wildman–Crippen MR) is 149 cm³/mol. The van der Waals surface area contributed by atoms with Gasteiger partial charge in [0.2, 0.25) is 0 Å². The van der Waals surface area contributed by atoms with Gasteiger partial charge in [-0.2, -0.15) is 5.10 Å². The van der Waals surface area contributed by atoms with Gasteiger partial charge in [-0.15, -0.1) is 11.8 Å². The van der Waals surface area contributed by atoms with Crippen molar-refractivity contribution in [3.05, 3.63) is 86.6 Å². The van der Waals surface area contributed by atoms with Crippen LogP contribution in [0.3, 0.4) is 0 Å². The maximum Gasteiger partial charge on any atom is 0.332 e. The summed E-state index contributed by atoms with van der Waals surface area (Å²) in [6.45, 7) is 4.60. The van der Waals surface area contributed by atoms with Crippen molar-refractivity contribution in [2.75, 3.05) is 12.4 Å². The number of aliphatic hydroxyl groups is 1. The van der Waals surface area contributed by atoms with E-state index in [0.717, 1.165) is 10.1 Å². The molecule has 0 aliphatic carbocycles. The van der Waals surface area contributed by atoms with Gasteiger partial charge < -0.3 is 5.11 Å². The molecule has 4 rings (SSSR count). The average Bonchev–Trinajstić information content (AvgIpc) is 3.24. The van der Waals surface area contributed by atoms with E-state index in [1.807, 2.05) is 26.0 Å². The van der Waals surface area contributed by atoms with Crippen LogP contribution in [0.15, 0.2) is 74.1 Å². The second-order valence-corrected chi connectivity index (χ2v) is 12.7. The van der Waals surface area contributed by atoms with Crippen LogP contribution in [0.25, 0.3) is 11.0 Å². The van der Waals surface area contributed by atoms with Crippen LogP contribution in [0.4, 0.5) is 0 Å². The summed E-state index contributed by atoms with van der Waals surface area (Å²) in [5.74, 6) is 0.516. The van der Waals surface area contributed by atoms with Gasteiger partial charge in [0.25, 0.3) is 5.56 Å². The molecule has 0 saturated carbocycles. The fourth-order valence-corrected chi connectivity index (χ4v) is 6.76. The molecule has 2 heterocycles. The molecule has 2 aromatic carbocycles. The van der Waals surface area contributed by atoms with E-state index in [1.165, 1.54) is 23.4 Å². The third-order valence-corrected chi connectivity index (χ3v) is 9.02. The molecule has 0 unspecified atom stereocenters. The first-order valence-corrected chi connectivity index (χ1v) is 15.1. The molecule has 0 spiro atoms. The highest BCUT2D eigenvalue weighted by atomic mass is 32.2. The van der Waals surface area contributed by atoms with Crippen molar-refractivity contribution in [3.8, 4) is 0 Å². The van der Waals surface area contributed by atoms with E-state index < -0.39 is 21.1 Å². The third kappa shape index (κ3) is 5.79. The van der Waals surface area contributed by atoms with E-state index in [0.29, 0.717) is 40.3 Å². The van der Waals surface area contributed by atoms with Gasteiger partial charge in [0.15, 0.2) is 15.5 Å². The lowest BCUT2D eigenvalue weighted by atomic mass is 10.1. The molecular weight excluding hydrogens is 524 g/mol. The summed E-state index contributed by atoms with van der Waals surface area (Å²) < 4.78 is 30.6. The minimum Gasteiger partial charge on any atom is -0.396 e. The van der Waals surface area contributed by atoms with Gasteiger partial charge in [-0.3, -0.25) is 18.6 Å². The van der Waals surface area contributed by atoms with E-state index in [2.05, 4.69) is 0 Å². The largest absolute Gasteiger partial charge is 0.396 e. The topological polar surface area (TPSA) is 116 Å². The fourth-order valence-electron chi connectivity index (χ4n) is 4.28. The van der Waals surface area contributed by atoms with Gasteiger partial charge in [-0.25, -0.2) is 13.2 Å². The van der Waals surface area contributed by atoms with Gasteiger partial charge in [-0.05, 0) is 35.6 Å². The van der Waals surface area contributed by atoms with Crippen molar-refractivity contribution in [2.24, 2.45) is 13.0 Å². The number of hydrogen-bond donors (Lipinski definition) is 1. The molecule has 0 fully saturated rings. The first-order chi connectivity index (χ1) is 18.1. The smallest absolute Gasteiger partial charge is 0.332 e. The fraction of sp³-hybridized carbons (Fsp3) is 0.370. The zero-order valence-corrected chi connectivity index (χ0v) is 23.3. The lowest BCUT2D eigenvalue weighted by Gasteiger charge is -2.12. The molecule has 0 aliphatic heterocycles. The minimum absolute atomic E-state index is 0.00924. The maximum atomic E-state index is 13.3. The Morgan fingerprint density at radius 3 is 2.32 bits per heavy atom. The summed E-state index contributed by atoms with van der Waals surface area (Å²) >= 11 is 1.39. The van der Waals surface area contributed by atoms with Crippen molar-refractivity contribution in [2.45, 2.75) is 49.0 Å². The zero-order chi connectivity index (χ0) is 27.4. The molecule has 0 atom stereocenters. The average molecular weight is 557 g/mol. The normalized spacial score (nSPS) is 12.0. The molecule has 9 nitrogen and oxygen atoms in total. The van der Waals surface area contributed by atoms with Crippen LogP contribution in [0.1, 0.15) is 31.4 Å². The van der Waals surface area contributed by atoms with Gasteiger partial charge in [0.1, 0.15) is 10.4 Å². The van der Waals surface area contributed by atoms with Gasteiger partial charge in [0, 0.05) is 26.0 Å². The van der Waals surface area contributed by atoms with E-state index in [1.54, 1.807) is 47.1 Å². The standard InChI is InChI=1S/C27H32N4O5S2/c1-19(2)16-30-24-23(25(33)29(3)27(30)34)26(37-15-9-14-32)31(28-24)17-20-10-7-8-11-21(20)18-38(35,36)22-12-5-4-6-13-22/h4-8,10-13,19,32H,9,14-18H2,1-3H3. The number of fused-ring (bicyclic) bond motifs is 1. The number of aromatic nitrogens is 4. The van der Waals surface area contributed by atoms with Crippen LogP contribution < -0.4 is 11.2 Å². The summed E-state index contributed by atoms with van der Waals surface area (Å²) in [4.78, 5) is 26.5. The Kier molecular flexibility index (Phi) is 8.59. The molecule has 0 bridgehead atoms. The van der Waals surface area contributed by atoms with Crippen molar-refractivity contribution < 1.29 is 13.5 Å². The van der Waals surface area contributed by atoms with Crippen molar-refractivity contribution in [1.82, 2.24) is 18.9 Å². The molecule has 2 aromatic heterocycles. The predicted octanol–water partition coefficient (Wildman–Crippen LogP) is 3.05. The minimum atomic E-state index is -3.58. The highest BCUT2D eigenvalue weighted by Crippen LogP contribution is 2.28. The Morgan fingerprint density at radius 1 is 1.00 bits per heavy atom. The van der Waals surface area contributed by atoms with Crippen LogP contribution in [-0.2, 0) is 35.7 Å². The first kappa shape index (κ1) is 27.9. The quantitative estimate of drug-likeness (QED) is 0.223. The summed E-state index contributed by atoms with van der Waals surface area (Å²) in [7, 11) is -2.12. The third-order valence-electron chi connectivity index (χ3n) is 6.15. The van der Waals surface area contributed by atoms with Crippen molar-refractivity contribution in [3.63, 3.8) is 0 Å². The van der Waals surface area contributed by atoms with Gasteiger partial charge in [-0.1, -0.05) is 56.3 Å². The Hall–Kier alpha value is -3.15. The second-order valence-electron chi connectivity index (χ2n) is 9.58. The molecule has 0 amide bonds. The van der Waals surface area contributed by atoms with Gasteiger partial charge >= 0.3 is 5.69 Å². The van der Waals surface area contributed by atoms with Crippen LogP contribution in [0, 0.1) is 5.92 Å². The van der Waals surface area contributed by atoms with E-state index in [9.17, 15) is 23.1 Å². The molecule has 4 aromatic rings. The molecular formula is C27H32N4O5S2. The SMILES string of the molecule is CC(C)Cn1c(=O)n(C)c(=O)c2c(SCCCO)n(Cc3ccccc3CS(=O)(=O)c3ccccc3)nc21. The zero-order valence-electron chi connectivity index (χ0n) is 21.7. The van der Waals surface area contributed by atoms with Crippen molar-refractivity contribution >= 4 is 32.6 Å². The Morgan fingerprint density at radius 2 is 1.66 bits per heavy atom. The lowest BCUT2D eigenvalue weighted by molar-refractivity contribution is 0.296. The first-order valence-electron chi connectivity index (χ1n) is 12.4. The number of hydrogen-bond acceptors (Lipinski definition) is 7. The van der Waals surface area contributed by atoms with Gasteiger partial charge in [0.05, 0.1) is 17.2 Å².